The third kappa shape index (κ3) is 0.922. The Morgan fingerprint density at radius 2 is 2.58 bits per heavy atom. The zero-order valence-electron chi connectivity index (χ0n) is 6.74. The topological polar surface area (TPSA) is 46.9 Å². The highest BCUT2D eigenvalue weighted by Gasteiger charge is 2.13. The highest BCUT2D eigenvalue weighted by molar-refractivity contribution is 5.76. The fourth-order valence-corrected chi connectivity index (χ4v) is 1.24. The number of hydrogen-bond donors (Lipinski definition) is 1. The Morgan fingerprint density at radius 3 is 3.33 bits per heavy atom. The van der Waals surface area contributed by atoms with Crippen LogP contribution in [-0.4, -0.2) is 16.1 Å². The molecule has 0 aliphatic carbocycles. The van der Waals surface area contributed by atoms with Crippen molar-refractivity contribution >= 4 is 12.1 Å². The predicted octanol–water partition coefficient (Wildman–Crippen LogP) is 0.782. The summed E-state index contributed by atoms with van der Waals surface area (Å²) in [5, 5.41) is 7.14. The van der Waals surface area contributed by atoms with Gasteiger partial charge in [-0.25, -0.2) is 4.68 Å². The van der Waals surface area contributed by atoms with Crippen molar-refractivity contribution in [2.24, 2.45) is 0 Å². The minimum Gasteiger partial charge on any atom is -0.344 e. The molecule has 1 aromatic heterocycles. The molecule has 1 aromatic rings. The van der Waals surface area contributed by atoms with Gasteiger partial charge in [0.2, 0.25) is 0 Å². The Bertz CT molecular complexity index is 351. The molecule has 0 saturated heterocycles. The molecule has 0 fully saturated rings. The van der Waals surface area contributed by atoms with Crippen LogP contribution in [0.4, 0.5) is 5.82 Å². The maximum Gasteiger partial charge on any atom is 0.149 e. The van der Waals surface area contributed by atoms with E-state index in [2.05, 4.69) is 10.4 Å². The van der Waals surface area contributed by atoms with Crippen LogP contribution in [0.5, 0.6) is 0 Å². The van der Waals surface area contributed by atoms with Crippen LogP contribution in [0.1, 0.15) is 6.92 Å². The fraction of sp³-hybridized carbons (Fsp3) is 0.250. The molecule has 0 spiro atoms. The molecule has 0 saturated carbocycles. The van der Waals surface area contributed by atoms with E-state index >= 15 is 0 Å². The maximum atomic E-state index is 10.6. The van der Waals surface area contributed by atoms with E-state index in [9.17, 15) is 4.79 Å². The number of carbonyl (C=O) groups is 1. The number of carbonyl (C=O) groups excluding carboxylic acids is 1. The number of rotatable bonds is 1. The van der Waals surface area contributed by atoms with Crippen molar-refractivity contribution in [1.82, 2.24) is 9.78 Å². The third-order valence-corrected chi connectivity index (χ3v) is 1.98. The summed E-state index contributed by atoms with van der Waals surface area (Å²) in [7, 11) is 0. The first-order valence-corrected chi connectivity index (χ1v) is 3.75. The van der Waals surface area contributed by atoms with Gasteiger partial charge in [-0.2, -0.15) is 5.10 Å². The molecule has 12 heavy (non-hydrogen) atoms. The summed E-state index contributed by atoms with van der Waals surface area (Å²) >= 11 is 0. The standard InChI is InChI=1S/C8H9N3O/c1-6-7(5-12)4-11-8(10-6)2-3-9-11/h2-3,5,10H,4H2,1H3. The summed E-state index contributed by atoms with van der Waals surface area (Å²) in [6.07, 6.45) is 2.58. The van der Waals surface area contributed by atoms with Crippen molar-refractivity contribution in [2.45, 2.75) is 13.5 Å². The van der Waals surface area contributed by atoms with Crippen LogP contribution in [0.15, 0.2) is 23.5 Å². The lowest BCUT2D eigenvalue weighted by molar-refractivity contribution is -0.105. The molecule has 4 heteroatoms. The summed E-state index contributed by atoms with van der Waals surface area (Å²) in [5.41, 5.74) is 1.67. The van der Waals surface area contributed by atoms with Gasteiger partial charge < -0.3 is 5.32 Å². The molecule has 62 valence electrons. The van der Waals surface area contributed by atoms with Crippen LogP contribution in [0.25, 0.3) is 0 Å². The molecular weight excluding hydrogens is 154 g/mol. The van der Waals surface area contributed by atoms with Gasteiger partial charge in [0.05, 0.1) is 12.7 Å². The van der Waals surface area contributed by atoms with Gasteiger partial charge in [0.1, 0.15) is 12.1 Å². The van der Waals surface area contributed by atoms with Crippen molar-refractivity contribution in [1.29, 1.82) is 0 Å². The molecule has 0 aromatic carbocycles. The second kappa shape index (κ2) is 2.48. The summed E-state index contributed by atoms with van der Waals surface area (Å²) in [6.45, 7) is 2.46. The van der Waals surface area contributed by atoms with Gasteiger partial charge in [-0.3, -0.25) is 4.79 Å². The normalized spacial score (nSPS) is 15.4. The first-order valence-electron chi connectivity index (χ1n) is 3.75. The Hall–Kier alpha value is -1.58. The van der Waals surface area contributed by atoms with Crippen LogP contribution in [-0.2, 0) is 11.3 Å². The second-order valence-corrected chi connectivity index (χ2v) is 2.77. The van der Waals surface area contributed by atoms with Gasteiger partial charge in [-0.15, -0.1) is 0 Å². The molecular formula is C8H9N3O. The molecule has 0 radical (unpaired) electrons. The van der Waals surface area contributed by atoms with Crippen LogP contribution in [0.2, 0.25) is 0 Å². The minimum atomic E-state index is 0.574. The Labute approximate surface area is 69.9 Å². The summed E-state index contributed by atoms with van der Waals surface area (Å²) in [4.78, 5) is 10.6. The molecule has 1 aliphatic rings. The van der Waals surface area contributed by atoms with E-state index in [0.29, 0.717) is 6.54 Å². The highest BCUT2D eigenvalue weighted by atomic mass is 16.1. The van der Waals surface area contributed by atoms with Crippen molar-refractivity contribution in [3.05, 3.63) is 23.5 Å². The van der Waals surface area contributed by atoms with E-state index in [1.54, 1.807) is 10.9 Å². The van der Waals surface area contributed by atoms with Crippen molar-refractivity contribution in [3.63, 3.8) is 0 Å². The number of aldehydes is 1. The van der Waals surface area contributed by atoms with Gasteiger partial charge in [-0.05, 0) is 6.92 Å². The molecule has 2 heterocycles. The van der Waals surface area contributed by atoms with Gasteiger partial charge in [0, 0.05) is 17.3 Å². The molecule has 1 N–H and O–H groups in total. The molecule has 0 atom stereocenters. The van der Waals surface area contributed by atoms with Crippen LogP contribution in [0, 0.1) is 0 Å². The zero-order valence-corrected chi connectivity index (χ0v) is 6.74. The van der Waals surface area contributed by atoms with E-state index in [-0.39, 0.29) is 0 Å². The van der Waals surface area contributed by atoms with E-state index in [1.165, 1.54) is 0 Å². The van der Waals surface area contributed by atoms with Crippen LogP contribution in [0.3, 0.4) is 0 Å². The van der Waals surface area contributed by atoms with Crippen LogP contribution >= 0.6 is 0 Å². The lowest BCUT2D eigenvalue weighted by atomic mass is 10.2. The number of aromatic nitrogens is 2. The molecule has 4 nitrogen and oxygen atoms in total. The van der Waals surface area contributed by atoms with Gasteiger partial charge in [0.25, 0.3) is 0 Å². The van der Waals surface area contributed by atoms with Gasteiger partial charge >= 0.3 is 0 Å². The number of nitrogens with one attached hydrogen (secondary N) is 1. The molecule has 1 aliphatic heterocycles. The first kappa shape index (κ1) is 7.09. The predicted molar refractivity (Wildman–Crippen MR) is 44.6 cm³/mol. The average Bonchev–Trinajstić information content (AvgIpc) is 2.49. The second-order valence-electron chi connectivity index (χ2n) is 2.77. The molecule has 0 unspecified atom stereocenters. The minimum absolute atomic E-state index is 0.574. The fourth-order valence-electron chi connectivity index (χ4n) is 1.24. The monoisotopic (exact) mass is 163 g/mol. The average molecular weight is 163 g/mol. The Morgan fingerprint density at radius 1 is 1.75 bits per heavy atom. The zero-order chi connectivity index (χ0) is 8.55. The Balaban J connectivity index is 2.40. The van der Waals surface area contributed by atoms with Crippen molar-refractivity contribution < 1.29 is 4.79 Å². The van der Waals surface area contributed by atoms with E-state index in [4.69, 9.17) is 0 Å². The largest absolute Gasteiger partial charge is 0.344 e. The number of allylic oxidation sites excluding steroid dienone is 2. The molecule has 0 amide bonds. The summed E-state index contributed by atoms with van der Waals surface area (Å²) < 4.78 is 1.76. The molecule has 0 bridgehead atoms. The van der Waals surface area contributed by atoms with E-state index < -0.39 is 0 Å². The highest BCUT2D eigenvalue weighted by Crippen LogP contribution is 2.18. The van der Waals surface area contributed by atoms with Gasteiger partial charge in [-0.1, -0.05) is 0 Å². The third-order valence-electron chi connectivity index (χ3n) is 1.98. The quantitative estimate of drug-likeness (QED) is 0.622. The summed E-state index contributed by atoms with van der Waals surface area (Å²) in [5.74, 6) is 0.943. The van der Waals surface area contributed by atoms with Crippen molar-refractivity contribution in [2.75, 3.05) is 5.32 Å². The number of nitrogens with zero attached hydrogens (tertiary/aromatic N) is 2. The van der Waals surface area contributed by atoms with Crippen LogP contribution < -0.4 is 5.32 Å². The SMILES string of the molecule is CC1=C(C=O)Cn2nccc2N1. The van der Waals surface area contributed by atoms with Crippen molar-refractivity contribution in [3.8, 4) is 0 Å². The molecule has 2 rings (SSSR count). The first-order chi connectivity index (χ1) is 5.81. The number of fused-ring (bicyclic) bond motifs is 1. The lowest BCUT2D eigenvalue weighted by Gasteiger charge is -2.17. The maximum absolute atomic E-state index is 10.6. The van der Waals surface area contributed by atoms with Gasteiger partial charge in [0.15, 0.2) is 0 Å². The Kier molecular flexibility index (Phi) is 1.46. The van der Waals surface area contributed by atoms with E-state index in [0.717, 1.165) is 23.4 Å². The smallest absolute Gasteiger partial charge is 0.149 e. The summed E-state index contributed by atoms with van der Waals surface area (Å²) in [6, 6.07) is 1.88. The lowest BCUT2D eigenvalue weighted by Crippen LogP contribution is -2.17. The van der Waals surface area contributed by atoms with E-state index in [1.807, 2.05) is 13.0 Å². The number of anilines is 1. The number of hydrogen-bond acceptors (Lipinski definition) is 3.